The van der Waals surface area contributed by atoms with E-state index in [1.807, 2.05) is 36.6 Å². The van der Waals surface area contributed by atoms with E-state index in [9.17, 15) is 4.79 Å². The first kappa shape index (κ1) is 14.7. The highest BCUT2D eigenvalue weighted by atomic mass is 32.1. The number of furan rings is 1. The van der Waals surface area contributed by atoms with E-state index in [1.54, 1.807) is 24.5 Å². The summed E-state index contributed by atoms with van der Waals surface area (Å²) in [4.78, 5) is 13.6. The van der Waals surface area contributed by atoms with Crippen LogP contribution in [0.4, 0.5) is 0 Å². The number of hydrogen-bond donors (Lipinski definition) is 1. The third kappa shape index (κ3) is 2.99. The summed E-state index contributed by atoms with van der Waals surface area (Å²) < 4.78 is 10.9. The molecule has 0 aliphatic heterocycles. The lowest BCUT2D eigenvalue weighted by Gasteiger charge is -2.11. The summed E-state index contributed by atoms with van der Waals surface area (Å²) in [6, 6.07) is 11.4. The predicted molar refractivity (Wildman–Crippen MR) is 87.7 cm³/mol. The molecule has 0 fully saturated rings. The summed E-state index contributed by atoms with van der Waals surface area (Å²) >= 11 is 1.69. The first-order chi connectivity index (χ1) is 10.7. The van der Waals surface area contributed by atoms with Crippen molar-refractivity contribution in [3.63, 3.8) is 0 Å². The van der Waals surface area contributed by atoms with E-state index in [0.717, 1.165) is 11.8 Å². The minimum Gasteiger partial charge on any atom is -0.493 e. The molecular weight excluding hydrogens is 298 g/mol. The van der Waals surface area contributed by atoms with Crippen LogP contribution in [0, 0.1) is 0 Å². The quantitative estimate of drug-likeness (QED) is 0.777. The topological polar surface area (TPSA) is 51.5 Å². The number of carbonyl (C=O) groups is 1. The van der Waals surface area contributed by atoms with E-state index in [1.165, 1.54) is 4.88 Å². The molecule has 0 bridgehead atoms. The zero-order valence-electron chi connectivity index (χ0n) is 12.5. The lowest BCUT2D eigenvalue weighted by Crippen LogP contribution is -2.33. The van der Waals surface area contributed by atoms with Gasteiger partial charge in [0.25, 0.3) is 5.91 Å². The second-order valence-electron chi connectivity index (χ2n) is 5.15. The summed E-state index contributed by atoms with van der Waals surface area (Å²) in [6.07, 6.45) is 0.812. The Kier molecular flexibility index (Phi) is 4.15. The van der Waals surface area contributed by atoms with Crippen molar-refractivity contribution in [1.29, 1.82) is 0 Å². The fraction of sp³-hybridized carbons (Fsp3) is 0.235. The number of nitrogens with one attached hydrogen (secondary N) is 1. The normalized spacial score (nSPS) is 12.3. The van der Waals surface area contributed by atoms with Crippen LogP contribution >= 0.6 is 11.3 Å². The Balaban J connectivity index is 1.74. The molecular formula is C17H17NO3S. The zero-order valence-corrected chi connectivity index (χ0v) is 13.3. The lowest BCUT2D eigenvalue weighted by atomic mass is 10.2. The molecule has 1 N–H and O–H groups in total. The molecule has 4 nitrogen and oxygen atoms in total. The molecule has 0 aliphatic rings. The van der Waals surface area contributed by atoms with E-state index in [-0.39, 0.29) is 11.9 Å². The van der Waals surface area contributed by atoms with Gasteiger partial charge in [-0.15, -0.1) is 11.3 Å². The van der Waals surface area contributed by atoms with Gasteiger partial charge in [0.2, 0.25) is 0 Å². The summed E-state index contributed by atoms with van der Waals surface area (Å²) in [5, 5.41) is 5.86. The number of para-hydroxylation sites is 1. The van der Waals surface area contributed by atoms with Crippen molar-refractivity contribution < 1.29 is 13.9 Å². The van der Waals surface area contributed by atoms with Gasteiger partial charge in [0, 0.05) is 22.7 Å². The zero-order chi connectivity index (χ0) is 15.5. The van der Waals surface area contributed by atoms with Gasteiger partial charge < -0.3 is 14.5 Å². The minimum absolute atomic E-state index is 0.0428. The van der Waals surface area contributed by atoms with Crippen molar-refractivity contribution in [3.8, 4) is 5.75 Å². The molecule has 1 aromatic carbocycles. The molecule has 114 valence electrons. The predicted octanol–water partition coefficient (Wildman–Crippen LogP) is 3.86. The Morgan fingerprint density at radius 1 is 1.36 bits per heavy atom. The number of fused-ring (bicyclic) bond motifs is 1. The van der Waals surface area contributed by atoms with Crippen molar-refractivity contribution in [2.45, 2.75) is 19.4 Å². The van der Waals surface area contributed by atoms with Gasteiger partial charge in [-0.25, -0.2) is 0 Å². The average molecular weight is 315 g/mol. The lowest BCUT2D eigenvalue weighted by molar-refractivity contribution is 0.0914. The molecule has 0 saturated heterocycles. The van der Waals surface area contributed by atoms with Crippen LogP contribution in [0.1, 0.15) is 22.4 Å². The Labute approximate surface area is 132 Å². The maximum absolute atomic E-state index is 12.3. The molecule has 0 aliphatic carbocycles. The fourth-order valence-corrected chi connectivity index (χ4v) is 3.22. The van der Waals surface area contributed by atoms with Gasteiger partial charge in [0.05, 0.1) is 7.11 Å². The van der Waals surface area contributed by atoms with Crippen LogP contribution in [-0.4, -0.2) is 19.1 Å². The van der Waals surface area contributed by atoms with E-state index >= 15 is 0 Å². The highest BCUT2D eigenvalue weighted by Crippen LogP contribution is 2.28. The van der Waals surface area contributed by atoms with Gasteiger partial charge in [-0.3, -0.25) is 4.79 Å². The molecule has 0 unspecified atom stereocenters. The van der Waals surface area contributed by atoms with Crippen LogP contribution < -0.4 is 10.1 Å². The molecule has 0 saturated carbocycles. The maximum atomic E-state index is 12.3. The second kappa shape index (κ2) is 6.23. The summed E-state index contributed by atoms with van der Waals surface area (Å²) in [7, 11) is 1.58. The Bertz CT molecular complexity index is 776. The number of amides is 1. The van der Waals surface area contributed by atoms with Crippen LogP contribution in [0.3, 0.4) is 0 Å². The molecule has 2 aromatic heterocycles. The van der Waals surface area contributed by atoms with Crippen molar-refractivity contribution >= 4 is 28.2 Å². The van der Waals surface area contributed by atoms with Gasteiger partial charge in [0.15, 0.2) is 17.1 Å². The molecule has 5 heteroatoms. The number of thiophene rings is 1. The Morgan fingerprint density at radius 3 is 2.95 bits per heavy atom. The number of ether oxygens (including phenoxy) is 1. The summed E-state index contributed by atoms with van der Waals surface area (Å²) in [5.41, 5.74) is 0.598. The third-order valence-electron chi connectivity index (χ3n) is 3.42. The monoisotopic (exact) mass is 315 g/mol. The van der Waals surface area contributed by atoms with E-state index < -0.39 is 0 Å². The van der Waals surface area contributed by atoms with E-state index in [4.69, 9.17) is 9.15 Å². The average Bonchev–Trinajstić information content (AvgIpc) is 3.15. The first-order valence-electron chi connectivity index (χ1n) is 7.07. The standard InChI is InChI=1S/C17H17NO3S/c1-11(9-13-6-4-8-22-13)18-17(19)15-10-12-5-3-7-14(20-2)16(12)21-15/h3-8,10-11H,9H2,1-2H3,(H,18,19)/t11-/m1/s1. The van der Waals surface area contributed by atoms with Crippen LogP contribution in [0.5, 0.6) is 5.75 Å². The van der Waals surface area contributed by atoms with Crippen LogP contribution in [0.25, 0.3) is 11.0 Å². The molecule has 0 radical (unpaired) electrons. The minimum atomic E-state index is -0.206. The molecule has 2 heterocycles. The molecule has 1 atom stereocenters. The maximum Gasteiger partial charge on any atom is 0.287 e. The molecule has 22 heavy (non-hydrogen) atoms. The van der Waals surface area contributed by atoms with Crippen molar-refractivity contribution in [1.82, 2.24) is 5.32 Å². The van der Waals surface area contributed by atoms with Crippen LogP contribution in [0.15, 0.2) is 46.2 Å². The van der Waals surface area contributed by atoms with Crippen LogP contribution in [-0.2, 0) is 6.42 Å². The second-order valence-corrected chi connectivity index (χ2v) is 6.18. The van der Waals surface area contributed by atoms with Crippen molar-refractivity contribution in [3.05, 3.63) is 52.4 Å². The molecule has 3 aromatic rings. The van der Waals surface area contributed by atoms with Crippen LogP contribution in [0.2, 0.25) is 0 Å². The van der Waals surface area contributed by atoms with Gasteiger partial charge in [0.1, 0.15) is 0 Å². The third-order valence-corrected chi connectivity index (χ3v) is 4.32. The van der Waals surface area contributed by atoms with Gasteiger partial charge in [-0.1, -0.05) is 18.2 Å². The Morgan fingerprint density at radius 2 is 2.23 bits per heavy atom. The molecule has 0 spiro atoms. The number of rotatable bonds is 5. The number of methoxy groups -OCH3 is 1. The van der Waals surface area contributed by atoms with E-state index in [0.29, 0.717) is 17.1 Å². The molecule has 3 rings (SSSR count). The smallest absolute Gasteiger partial charge is 0.287 e. The van der Waals surface area contributed by atoms with E-state index in [2.05, 4.69) is 11.4 Å². The number of benzene rings is 1. The van der Waals surface area contributed by atoms with Gasteiger partial charge in [-0.05, 0) is 30.5 Å². The first-order valence-corrected chi connectivity index (χ1v) is 7.95. The summed E-state index contributed by atoms with van der Waals surface area (Å²) in [6.45, 7) is 1.99. The fourth-order valence-electron chi connectivity index (χ4n) is 2.39. The molecule has 1 amide bonds. The summed E-state index contributed by atoms with van der Waals surface area (Å²) in [5.74, 6) is 0.725. The number of carbonyl (C=O) groups excluding carboxylic acids is 1. The number of hydrogen-bond acceptors (Lipinski definition) is 4. The van der Waals surface area contributed by atoms with Gasteiger partial charge in [-0.2, -0.15) is 0 Å². The SMILES string of the molecule is COc1cccc2cc(C(=O)N[C@H](C)Cc3cccs3)oc12. The highest BCUT2D eigenvalue weighted by molar-refractivity contribution is 7.09. The largest absolute Gasteiger partial charge is 0.493 e. The van der Waals surface area contributed by atoms with Crippen molar-refractivity contribution in [2.75, 3.05) is 7.11 Å². The Hall–Kier alpha value is -2.27. The van der Waals surface area contributed by atoms with Gasteiger partial charge >= 0.3 is 0 Å². The highest BCUT2D eigenvalue weighted by Gasteiger charge is 2.16. The van der Waals surface area contributed by atoms with Crippen molar-refractivity contribution in [2.24, 2.45) is 0 Å².